The third kappa shape index (κ3) is 8.74. The Hall–Kier alpha value is -2.78. The lowest BCUT2D eigenvalue weighted by Gasteiger charge is -2.22. The molecular weight excluding hydrogens is 379 g/mol. The molecule has 0 saturated heterocycles. The molecule has 7 nitrogen and oxygen atoms in total. The SMILES string of the molecule is CC(C)(C)OC(=O)NC(=NCc1cc(F)c(F)cc1F)NC(=O)OC(C)(C)C. The number of amides is 2. The Morgan fingerprint density at radius 3 is 1.71 bits per heavy atom. The first kappa shape index (κ1) is 23.3. The average molecular weight is 403 g/mol. The first-order chi connectivity index (χ1) is 12.7. The van der Waals surface area contributed by atoms with Gasteiger partial charge in [-0.05, 0) is 47.6 Å². The van der Waals surface area contributed by atoms with Crippen molar-refractivity contribution in [3.8, 4) is 0 Å². The second-order valence-corrected chi connectivity index (χ2v) is 7.78. The number of nitrogens with one attached hydrogen (secondary N) is 2. The molecule has 0 aliphatic rings. The minimum atomic E-state index is -1.34. The third-order valence-corrected chi connectivity index (χ3v) is 2.74. The number of rotatable bonds is 2. The summed E-state index contributed by atoms with van der Waals surface area (Å²) in [6.07, 6.45) is -1.87. The van der Waals surface area contributed by atoms with Crippen LogP contribution in [-0.4, -0.2) is 29.3 Å². The van der Waals surface area contributed by atoms with Crippen LogP contribution in [0, 0.1) is 17.5 Å². The van der Waals surface area contributed by atoms with Crippen LogP contribution >= 0.6 is 0 Å². The highest BCUT2D eigenvalue weighted by Gasteiger charge is 2.21. The first-order valence-electron chi connectivity index (χ1n) is 8.34. The van der Waals surface area contributed by atoms with Crippen molar-refractivity contribution >= 4 is 18.1 Å². The summed E-state index contributed by atoms with van der Waals surface area (Å²) in [6.45, 7) is 9.26. The quantitative estimate of drug-likeness (QED) is 0.444. The number of carbonyl (C=O) groups is 2. The van der Waals surface area contributed by atoms with Crippen LogP contribution in [0.3, 0.4) is 0 Å². The highest BCUT2D eigenvalue weighted by Crippen LogP contribution is 2.14. The number of ether oxygens (including phenoxy) is 2. The smallest absolute Gasteiger partial charge is 0.414 e. The molecule has 0 bridgehead atoms. The summed E-state index contributed by atoms with van der Waals surface area (Å²) in [4.78, 5) is 27.7. The summed E-state index contributed by atoms with van der Waals surface area (Å²) in [5.41, 5.74) is -1.94. The first-order valence-corrected chi connectivity index (χ1v) is 8.34. The number of hydrogen-bond acceptors (Lipinski definition) is 5. The molecule has 0 heterocycles. The van der Waals surface area contributed by atoms with Gasteiger partial charge in [-0.2, -0.15) is 0 Å². The van der Waals surface area contributed by atoms with Gasteiger partial charge in [0.1, 0.15) is 17.0 Å². The lowest BCUT2D eigenvalue weighted by atomic mass is 10.2. The van der Waals surface area contributed by atoms with Crippen LogP contribution in [0.4, 0.5) is 22.8 Å². The van der Waals surface area contributed by atoms with Crippen LogP contribution in [0.15, 0.2) is 17.1 Å². The number of aliphatic imine (C=N–C) groups is 1. The standard InChI is InChI=1S/C18H24F3N3O4/c1-17(2,3)27-15(25)23-14(24-16(26)28-18(4,5)6)22-9-10-7-12(20)13(21)8-11(10)19/h7-8H,9H2,1-6H3,(H2,22,23,24,25,26). The molecule has 0 radical (unpaired) electrons. The number of hydrogen-bond donors (Lipinski definition) is 2. The van der Waals surface area contributed by atoms with E-state index in [1.54, 1.807) is 41.5 Å². The Morgan fingerprint density at radius 1 is 0.857 bits per heavy atom. The number of guanidine groups is 1. The van der Waals surface area contributed by atoms with Crippen molar-refractivity contribution in [2.24, 2.45) is 4.99 Å². The molecule has 1 rings (SSSR count). The van der Waals surface area contributed by atoms with Gasteiger partial charge in [0.2, 0.25) is 5.96 Å². The van der Waals surface area contributed by atoms with Crippen molar-refractivity contribution in [3.63, 3.8) is 0 Å². The molecule has 28 heavy (non-hydrogen) atoms. The van der Waals surface area contributed by atoms with Crippen LogP contribution < -0.4 is 10.6 Å². The molecule has 0 fully saturated rings. The van der Waals surface area contributed by atoms with Crippen molar-refractivity contribution in [1.29, 1.82) is 0 Å². The highest BCUT2D eigenvalue weighted by atomic mass is 19.2. The molecular formula is C18H24F3N3O4. The molecule has 1 aromatic rings. The van der Waals surface area contributed by atoms with Crippen LogP contribution in [0.1, 0.15) is 47.1 Å². The molecule has 0 atom stereocenters. The summed E-state index contributed by atoms with van der Waals surface area (Å²) < 4.78 is 50.2. The van der Waals surface area contributed by atoms with Gasteiger partial charge in [0.15, 0.2) is 11.6 Å². The zero-order chi connectivity index (χ0) is 21.7. The van der Waals surface area contributed by atoms with Gasteiger partial charge in [-0.1, -0.05) is 0 Å². The number of alkyl carbamates (subject to hydrolysis) is 2. The fourth-order valence-electron chi connectivity index (χ4n) is 1.76. The molecule has 10 heteroatoms. The number of benzene rings is 1. The predicted octanol–water partition coefficient (Wildman–Crippen LogP) is 4.01. The number of nitrogens with zero attached hydrogens (tertiary/aromatic N) is 1. The predicted molar refractivity (Wildman–Crippen MR) is 96.2 cm³/mol. The molecule has 0 aliphatic carbocycles. The normalized spacial score (nSPS) is 11.5. The van der Waals surface area contributed by atoms with Gasteiger partial charge in [-0.25, -0.2) is 27.8 Å². The van der Waals surface area contributed by atoms with Gasteiger partial charge < -0.3 is 9.47 Å². The second-order valence-electron chi connectivity index (χ2n) is 7.78. The van der Waals surface area contributed by atoms with Crippen LogP contribution in [0.5, 0.6) is 0 Å². The van der Waals surface area contributed by atoms with Crippen molar-refractivity contribution < 1.29 is 32.2 Å². The van der Waals surface area contributed by atoms with E-state index >= 15 is 0 Å². The maximum Gasteiger partial charge on any atom is 0.414 e. The zero-order valence-corrected chi connectivity index (χ0v) is 16.6. The maximum atomic E-state index is 13.8. The lowest BCUT2D eigenvalue weighted by Crippen LogP contribution is -2.47. The molecule has 2 amide bonds. The summed E-state index contributed by atoms with van der Waals surface area (Å²) >= 11 is 0. The molecule has 0 aromatic heterocycles. The van der Waals surface area contributed by atoms with E-state index in [0.717, 1.165) is 0 Å². The zero-order valence-electron chi connectivity index (χ0n) is 16.6. The molecule has 0 spiro atoms. The summed E-state index contributed by atoms with van der Waals surface area (Å²) in [5, 5.41) is 4.39. The van der Waals surface area contributed by atoms with Crippen LogP contribution in [-0.2, 0) is 16.0 Å². The van der Waals surface area contributed by atoms with Crippen molar-refractivity contribution in [2.75, 3.05) is 0 Å². The molecule has 1 aromatic carbocycles. The molecule has 0 aliphatic heterocycles. The van der Waals surface area contributed by atoms with E-state index in [2.05, 4.69) is 15.6 Å². The largest absolute Gasteiger partial charge is 0.444 e. The number of carbonyl (C=O) groups excluding carboxylic acids is 2. The van der Waals surface area contributed by atoms with Gasteiger partial charge in [0.25, 0.3) is 0 Å². The Morgan fingerprint density at radius 2 is 1.29 bits per heavy atom. The average Bonchev–Trinajstić information content (AvgIpc) is 2.45. The number of halogens is 3. The van der Waals surface area contributed by atoms with E-state index in [1.165, 1.54) is 0 Å². The Balaban J connectivity index is 3.01. The molecule has 156 valence electrons. The van der Waals surface area contributed by atoms with Gasteiger partial charge >= 0.3 is 12.2 Å². The Labute approximate surface area is 161 Å². The van der Waals surface area contributed by atoms with Crippen molar-refractivity contribution in [1.82, 2.24) is 10.6 Å². The maximum absolute atomic E-state index is 13.8. The van der Waals surface area contributed by atoms with Crippen LogP contribution in [0.25, 0.3) is 0 Å². The molecule has 0 saturated carbocycles. The van der Waals surface area contributed by atoms with E-state index < -0.39 is 53.3 Å². The summed E-state index contributed by atoms with van der Waals surface area (Å²) in [6, 6.07) is 1.01. The van der Waals surface area contributed by atoms with Gasteiger partial charge in [0.05, 0.1) is 6.54 Å². The monoisotopic (exact) mass is 403 g/mol. The van der Waals surface area contributed by atoms with Crippen molar-refractivity contribution in [2.45, 2.75) is 59.3 Å². The minimum Gasteiger partial charge on any atom is -0.444 e. The second kappa shape index (κ2) is 8.94. The van der Waals surface area contributed by atoms with E-state index in [1.807, 2.05) is 0 Å². The third-order valence-electron chi connectivity index (χ3n) is 2.74. The molecule has 0 unspecified atom stereocenters. The van der Waals surface area contributed by atoms with E-state index in [4.69, 9.17) is 9.47 Å². The van der Waals surface area contributed by atoms with E-state index in [0.29, 0.717) is 12.1 Å². The van der Waals surface area contributed by atoms with E-state index in [9.17, 15) is 22.8 Å². The topological polar surface area (TPSA) is 89.0 Å². The van der Waals surface area contributed by atoms with Gasteiger partial charge in [-0.3, -0.25) is 10.6 Å². The summed E-state index contributed by atoms with van der Waals surface area (Å²) in [7, 11) is 0. The van der Waals surface area contributed by atoms with Crippen LogP contribution in [0.2, 0.25) is 0 Å². The summed E-state index contributed by atoms with van der Waals surface area (Å²) in [5.74, 6) is -4.04. The van der Waals surface area contributed by atoms with Gasteiger partial charge in [-0.15, -0.1) is 0 Å². The Bertz CT molecular complexity index is 737. The fourth-order valence-corrected chi connectivity index (χ4v) is 1.76. The fraction of sp³-hybridized carbons (Fsp3) is 0.500. The van der Waals surface area contributed by atoms with E-state index in [-0.39, 0.29) is 5.56 Å². The Kier molecular flexibility index (Phi) is 7.43. The molecule has 2 N–H and O–H groups in total. The minimum absolute atomic E-state index is 0.284. The van der Waals surface area contributed by atoms with Crippen molar-refractivity contribution in [3.05, 3.63) is 35.1 Å². The van der Waals surface area contributed by atoms with Gasteiger partial charge in [0, 0.05) is 11.6 Å². The lowest BCUT2D eigenvalue weighted by molar-refractivity contribution is 0.0545. The highest BCUT2D eigenvalue weighted by molar-refractivity contribution is 6.01.